The highest BCUT2D eigenvalue weighted by molar-refractivity contribution is 7.12. The van der Waals surface area contributed by atoms with E-state index >= 15 is 0 Å². The molecule has 1 fully saturated rings. The van der Waals surface area contributed by atoms with E-state index in [0.717, 1.165) is 26.2 Å². The third-order valence-corrected chi connectivity index (χ3v) is 4.75. The van der Waals surface area contributed by atoms with Crippen molar-refractivity contribution in [2.45, 2.75) is 39.3 Å². The van der Waals surface area contributed by atoms with Crippen LogP contribution in [-0.4, -0.2) is 44.3 Å². The molecule has 19 heavy (non-hydrogen) atoms. The minimum atomic E-state index is 0.262. The van der Waals surface area contributed by atoms with Crippen LogP contribution >= 0.6 is 11.3 Å². The molecular formula is C15H26N2OS. The molecule has 0 bridgehead atoms. The van der Waals surface area contributed by atoms with E-state index in [-0.39, 0.29) is 6.10 Å². The van der Waals surface area contributed by atoms with E-state index in [9.17, 15) is 0 Å². The van der Waals surface area contributed by atoms with Crippen LogP contribution in [0.2, 0.25) is 0 Å². The third kappa shape index (κ3) is 3.37. The smallest absolute Gasteiger partial charge is 0.0896 e. The van der Waals surface area contributed by atoms with Gasteiger partial charge in [0.05, 0.1) is 18.8 Å². The van der Waals surface area contributed by atoms with Gasteiger partial charge >= 0.3 is 0 Å². The molecule has 1 aliphatic heterocycles. The quantitative estimate of drug-likeness (QED) is 0.899. The highest BCUT2D eigenvalue weighted by Gasteiger charge is 2.34. The molecular weight excluding hydrogens is 256 g/mol. The summed E-state index contributed by atoms with van der Waals surface area (Å²) in [6.45, 7) is 10.7. The van der Waals surface area contributed by atoms with E-state index < -0.39 is 0 Å². The van der Waals surface area contributed by atoms with Gasteiger partial charge in [-0.25, -0.2) is 0 Å². The molecule has 2 rings (SSSR count). The maximum Gasteiger partial charge on any atom is 0.0896 e. The zero-order chi connectivity index (χ0) is 13.8. The molecule has 2 unspecified atom stereocenters. The topological polar surface area (TPSA) is 24.5 Å². The summed E-state index contributed by atoms with van der Waals surface area (Å²) in [7, 11) is 2.00. The first-order valence-corrected chi connectivity index (χ1v) is 8.06. The first kappa shape index (κ1) is 15.0. The molecule has 2 atom stereocenters. The molecule has 0 aliphatic carbocycles. The Balaban J connectivity index is 2.28. The molecule has 1 aromatic rings. The van der Waals surface area contributed by atoms with E-state index in [2.05, 4.69) is 37.1 Å². The summed E-state index contributed by atoms with van der Waals surface area (Å²) in [5.41, 5.74) is 1.47. The average molecular weight is 282 g/mol. The fraction of sp³-hybridized carbons (Fsp3) is 0.733. The number of aryl methyl sites for hydroxylation is 2. The first-order chi connectivity index (χ1) is 9.17. The lowest BCUT2D eigenvalue weighted by atomic mass is 9.98. The summed E-state index contributed by atoms with van der Waals surface area (Å²) < 4.78 is 6.03. The van der Waals surface area contributed by atoms with E-state index in [1.807, 2.05) is 18.4 Å². The van der Waals surface area contributed by atoms with Crippen LogP contribution in [-0.2, 0) is 4.74 Å². The van der Waals surface area contributed by atoms with Crippen molar-refractivity contribution in [1.29, 1.82) is 0 Å². The third-order valence-electron chi connectivity index (χ3n) is 3.77. The number of ether oxygens (including phenoxy) is 1. The van der Waals surface area contributed by atoms with E-state index in [0.29, 0.717) is 6.04 Å². The zero-order valence-electron chi connectivity index (χ0n) is 12.5. The van der Waals surface area contributed by atoms with Crippen molar-refractivity contribution in [3.8, 4) is 0 Å². The van der Waals surface area contributed by atoms with Gasteiger partial charge < -0.3 is 10.1 Å². The van der Waals surface area contributed by atoms with Crippen LogP contribution in [0.4, 0.5) is 0 Å². The number of hydrogen-bond donors (Lipinski definition) is 1. The second kappa shape index (κ2) is 6.84. The maximum atomic E-state index is 6.03. The minimum absolute atomic E-state index is 0.262. The van der Waals surface area contributed by atoms with Crippen molar-refractivity contribution in [3.05, 3.63) is 21.4 Å². The van der Waals surface area contributed by atoms with Crippen LogP contribution in [0.3, 0.4) is 0 Å². The summed E-state index contributed by atoms with van der Waals surface area (Å²) in [4.78, 5) is 5.44. The van der Waals surface area contributed by atoms with Crippen LogP contribution in [0.15, 0.2) is 6.07 Å². The van der Waals surface area contributed by atoms with Gasteiger partial charge in [0.15, 0.2) is 0 Å². The molecule has 4 heteroatoms. The normalized spacial score (nSPS) is 24.8. The Labute approximate surface area is 121 Å². The maximum absolute atomic E-state index is 6.03. The predicted octanol–water partition coefficient (Wildman–Crippen LogP) is 2.74. The fourth-order valence-electron chi connectivity index (χ4n) is 3.04. The Morgan fingerprint density at radius 3 is 2.84 bits per heavy atom. The van der Waals surface area contributed by atoms with Crippen LogP contribution in [0.5, 0.6) is 0 Å². The van der Waals surface area contributed by atoms with Crippen LogP contribution in [0, 0.1) is 13.8 Å². The number of nitrogens with one attached hydrogen (secondary N) is 1. The number of hydrogen-bond acceptors (Lipinski definition) is 4. The molecule has 3 nitrogen and oxygen atoms in total. The molecule has 1 N–H and O–H groups in total. The van der Waals surface area contributed by atoms with E-state index in [1.165, 1.54) is 21.7 Å². The van der Waals surface area contributed by atoms with Crippen molar-refractivity contribution in [1.82, 2.24) is 10.2 Å². The summed E-state index contributed by atoms with van der Waals surface area (Å²) in [6, 6.07) is 2.76. The molecule has 108 valence electrons. The van der Waals surface area contributed by atoms with Crippen LogP contribution in [0.1, 0.15) is 34.7 Å². The van der Waals surface area contributed by atoms with Crippen molar-refractivity contribution >= 4 is 11.3 Å². The Morgan fingerprint density at radius 2 is 2.26 bits per heavy atom. The molecule has 1 aliphatic rings. The molecule has 0 saturated carbocycles. The first-order valence-electron chi connectivity index (χ1n) is 7.24. The Morgan fingerprint density at radius 1 is 1.47 bits per heavy atom. The summed E-state index contributed by atoms with van der Waals surface area (Å²) in [6.07, 6.45) is 1.46. The number of morpholine rings is 1. The van der Waals surface area contributed by atoms with Gasteiger partial charge in [0.1, 0.15) is 0 Å². The number of nitrogens with zero attached hydrogens (tertiary/aromatic N) is 1. The van der Waals surface area contributed by atoms with Gasteiger partial charge in [0, 0.05) is 22.8 Å². The molecule has 1 aromatic heterocycles. The second-order valence-corrected chi connectivity index (χ2v) is 6.78. The number of rotatable bonds is 5. The van der Waals surface area contributed by atoms with Crippen molar-refractivity contribution in [2.24, 2.45) is 0 Å². The standard InChI is InChI=1S/C15H26N2OS/c1-5-6-17-7-8-18-14(10-16-4)15(17)13-9-11(2)19-12(13)3/h9,14-16H,5-8,10H2,1-4H3. The number of thiophene rings is 1. The molecule has 0 aromatic carbocycles. The molecule has 1 saturated heterocycles. The fourth-order valence-corrected chi connectivity index (χ4v) is 4.00. The average Bonchev–Trinajstić information content (AvgIpc) is 2.69. The summed E-state index contributed by atoms with van der Waals surface area (Å²) >= 11 is 1.90. The molecule has 0 radical (unpaired) electrons. The van der Waals surface area contributed by atoms with Crippen molar-refractivity contribution in [3.63, 3.8) is 0 Å². The minimum Gasteiger partial charge on any atom is -0.374 e. The molecule has 0 amide bonds. The predicted molar refractivity (Wildman–Crippen MR) is 82.1 cm³/mol. The molecule has 2 heterocycles. The summed E-state index contributed by atoms with van der Waals surface area (Å²) in [5, 5.41) is 3.28. The van der Waals surface area contributed by atoms with Gasteiger partial charge in [0.2, 0.25) is 0 Å². The van der Waals surface area contributed by atoms with Gasteiger partial charge in [-0.05, 0) is 45.5 Å². The van der Waals surface area contributed by atoms with E-state index in [1.54, 1.807) is 0 Å². The van der Waals surface area contributed by atoms with Crippen molar-refractivity contribution < 1.29 is 4.74 Å². The van der Waals surface area contributed by atoms with Crippen LogP contribution < -0.4 is 5.32 Å². The lowest BCUT2D eigenvalue weighted by Crippen LogP contribution is -2.48. The highest BCUT2D eigenvalue weighted by atomic mass is 32.1. The Hall–Kier alpha value is -0.420. The Kier molecular flexibility index (Phi) is 5.39. The number of likely N-dealkylation sites (N-methyl/N-ethyl adjacent to an activating group) is 1. The second-order valence-electron chi connectivity index (χ2n) is 5.32. The highest BCUT2D eigenvalue weighted by Crippen LogP contribution is 2.35. The lowest BCUT2D eigenvalue weighted by Gasteiger charge is -2.41. The van der Waals surface area contributed by atoms with Gasteiger partial charge in [-0.2, -0.15) is 0 Å². The van der Waals surface area contributed by atoms with Gasteiger partial charge in [-0.1, -0.05) is 6.92 Å². The van der Waals surface area contributed by atoms with Gasteiger partial charge in [-0.3, -0.25) is 4.90 Å². The lowest BCUT2D eigenvalue weighted by molar-refractivity contribution is -0.0704. The summed E-state index contributed by atoms with van der Waals surface area (Å²) in [5.74, 6) is 0. The van der Waals surface area contributed by atoms with Crippen molar-refractivity contribution in [2.75, 3.05) is 33.3 Å². The Bertz CT molecular complexity index is 387. The van der Waals surface area contributed by atoms with E-state index in [4.69, 9.17) is 4.74 Å². The largest absolute Gasteiger partial charge is 0.374 e. The van der Waals surface area contributed by atoms with Gasteiger partial charge in [-0.15, -0.1) is 11.3 Å². The van der Waals surface area contributed by atoms with Gasteiger partial charge in [0.25, 0.3) is 0 Å². The van der Waals surface area contributed by atoms with Crippen LogP contribution in [0.25, 0.3) is 0 Å². The zero-order valence-corrected chi connectivity index (χ0v) is 13.3. The monoisotopic (exact) mass is 282 g/mol. The molecule has 0 spiro atoms. The SMILES string of the molecule is CCCN1CCOC(CNC)C1c1cc(C)sc1C.